The van der Waals surface area contributed by atoms with Crippen LogP contribution in [0.15, 0.2) is 12.4 Å². The van der Waals surface area contributed by atoms with Crippen molar-refractivity contribution in [1.29, 1.82) is 0 Å². The van der Waals surface area contributed by atoms with Crippen molar-refractivity contribution in [2.75, 3.05) is 11.9 Å². The predicted molar refractivity (Wildman–Crippen MR) is 79.8 cm³/mol. The number of carbonyl (C=O) groups is 2. The van der Waals surface area contributed by atoms with Gasteiger partial charge in [0, 0.05) is 25.6 Å². The fourth-order valence-corrected chi connectivity index (χ4v) is 2.93. The van der Waals surface area contributed by atoms with Gasteiger partial charge in [0.25, 0.3) is 11.8 Å². The summed E-state index contributed by atoms with van der Waals surface area (Å²) in [6, 6.07) is 1.47. The Hall–Kier alpha value is -2.71. The van der Waals surface area contributed by atoms with E-state index in [1.807, 2.05) is 10.7 Å². The van der Waals surface area contributed by atoms with Crippen LogP contribution in [-0.2, 0) is 11.3 Å². The van der Waals surface area contributed by atoms with Gasteiger partial charge in [-0.05, 0) is 19.3 Å². The van der Waals surface area contributed by atoms with Gasteiger partial charge in [0.05, 0.1) is 5.69 Å². The molecular weight excluding hydrogens is 298 g/mol. The minimum atomic E-state index is -0.708. The van der Waals surface area contributed by atoms with Gasteiger partial charge in [-0.1, -0.05) is 0 Å². The van der Waals surface area contributed by atoms with Crippen molar-refractivity contribution >= 4 is 17.6 Å². The van der Waals surface area contributed by atoms with E-state index in [2.05, 4.69) is 15.2 Å². The van der Waals surface area contributed by atoms with Crippen LogP contribution >= 0.6 is 0 Å². The third-order valence-electron chi connectivity index (χ3n) is 4.40. The Labute approximate surface area is 132 Å². The fourth-order valence-electron chi connectivity index (χ4n) is 2.93. The highest BCUT2D eigenvalue weighted by Crippen LogP contribution is 2.41. The van der Waals surface area contributed by atoms with Crippen LogP contribution in [0.3, 0.4) is 0 Å². The Balaban J connectivity index is 1.63. The summed E-state index contributed by atoms with van der Waals surface area (Å²) in [5.41, 5.74) is 6.23. The van der Waals surface area contributed by atoms with Crippen molar-refractivity contribution in [2.24, 2.45) is 5.73 Å². The van der Waals surface area contributed by atoms with Crippen molar-refractivity contribution < 1.29 is 9.59 Å². The SMILES string of the molecule is CN1C(=O)C(n2cnc(C(N)=O)n2)CCn2nc(C3CC3)cc21. The number of aromatic nitrogens is 5. The smallest absolute Gasteiger partial charge is 0.288 e. The van der Waals surface area contributed by atoms with Crippen molar-refractivity contribution in [3.05, 3.63) is 23.9 Å². The van der Waals surface area contributed by atoms with Gasteiger partial charge in [0.2, 0.25) is 5.82 Å². The first-order chi connectivity index (χ1) is 11.0. The summed E-state index contributed by atoms with van der Waals surface area (Å²) in [4.78, 5) is 29.3. The van der Waals surface area contributed by atoms with Crippen LogP contribution in [0.2, 0.25) is 0 Å². The van der Waals surface area contributed by atoms with Crippen LogP contribution in [0.1, 0.15) is 47.5 Å². The number of primary amides is 1. The molecule has 2 N–H and O–H groups in total. The Bertz CT molecular complexity index is 789. The molecule has 9 heteroatoms. The van der Waals surface area contributed by atoms with Gasteiger partial charge >= 0.3 is 0 Å². The lowest BCUT2D eigenvalue weighted by atomic mass is 10.2. The van der Waals surface area contributed by atoms with Gasteiger partial charge in [0.15, 0.2) is 0 Å². The maximum Gasteiger partial charge on any atom is 0.288 e. The second-order valence-electron chi connectivity index (χ2n) is 6.04. The molecular formula is C14H17N7O2. The fraction of sp³-hybridized carbons (Fsp3) is 0.500. The number of nitrogens with zero attached hydrogens (tertiary/aromatic N) is 6. The molecule has 4 rings (SSSR count). The molecule has 9 nitrogen and oxygen atoms in total. The lowest BCUT2D eigenvalue weighted by molar-refractivity contribution is -0.121. The number of carbonyl (C=O) groups excluding carboxylic acids is 2. The summed E-state index contributed by atoms with van der Waals surface area (Å²) < 4.78 is 3.28. The van der Waals surface area contributed by atoms with E-state index in [0.29, 0.717) is 18.9 Å². The maximum atomic E-state index is 12.8. The quantitative estimate of drug-likeness (QED) is 0.860. The molecule has 0 bridgehead atoms. The summed E-state index contributed by atoms with van der Waals surface area (Å²) >= 11 is 0. The molecule has 1 aliphatic carbocycles. The molecule has 2 aromatic heterocycles. The van der Waals surface area contributed by atoms with E-state index in [4.69, 9.17) is 5.73 Å². The van der Waals surface area contributed by atoms with Crippen LogP contribution in [-0.4, -0.2) is 43.4 Å². The van der Waals surface area contributed by atoms with Crippen LogP contribution in [0.5, 0.6) is 0 Å². The second kappa shape index (κ2) is 4.90. The normalized spacial score (nSPS) is 21.2. The lowest BCUT2D eigenvalue weighted by Crippen LogP contribution is -2.34. The van der Waals surface area contributed by atoms with Crippen molar-refractivity contribution in [3.8, 4) is 0 Å². The zero-order valence-corrected chi connectivity index (χ0v) is 12.7. The number of fused-ring (bicyclic) bond motifs is 1. The largest absolute Gasteiger partial charge is 0.363 e. The lowest BCUT2D eigenvalue weighted by Gasteiger charge is -2.19. The zero-order valence-electron chi connectivity index (χ0n) is 12.7. The number of amides is 2. The molecule has 1 fully saturated rings. The summed E-state index contributed by atoms with van der Waals surface area (Å²) in [7, 11) is 1.73. The molecule has 120 valence electrons. The average Bonchev–Trinajstić information content (AvgIpc) is 3.13. The molecule has 3 heterocycles. The second-order valence-corrected chi connectivity index (χ2v) is 6.04. The van der Waals surface area contributed by atoms with Crippen molar-refractivity contribution in [3.63, 3.8) is 0 Å². The summed E-state index contributed by atoms with van der Waals surface area (Å²) in [5, 5.41) is 8.64. The molecule has 0 spiro atoms. The van der Waals surface area contributed by atoms with Gasteiger partial charge in [-0.15, -0.1) is 5.10 Å². The van der Waals surface area contributed by atoms with E-state index in [0.717, 1.165) is 11.5 Å². The number of aryl methyl sites for hydroxylation is 1. The van der Waals surface area contributed by atoms with Crippen LogP contribution in [0.25, 0.3) is 0 Å². The van der Waals surface area contributed by atoms with Crippen LogP contribution < -0.4 is 10.6 Å². The van der Waals surface area contributed by atoms with E-state index >= 15 is 0 Å². The van der Waals surface area contributed by atoms with Crippen molar-refractivity contribution in [1.82, 2.24) is 24.5 Å². The highest BCUT2D eigenvalue weighted by atomic mass is 16.2. The molecule has 2 aromatic rings. The van der Waals surface area contributed by atoms with E-state index in [9.17, 15) is 9.59 Å². The number of likely N-dealkylation sites (N-methyl/N-ethyl adjacent to an activating group) is 1. The average molecular weight is 315 g/mol. The third-order valence-corrected chi connectivity index (χ3v) is 4.40. The van der Waals surface area contributed by atoms with E-state index in [1.165, 1.54) is 23.9 Å². The minimum absolute atomic E-state index is 0.0848. The predicted octanol–water partition coefficient (Wildman–Crippen LogP) is 0.0587. The van der Waals surface area contributed by atoms with Crippen molar-refractivity contribution in [2.45, 2.75) is 37.8 Å². The molecule has 1 unspecified atom stereocenters. The van der Waals surface area contributed by atoms with Gasteiger partial charge in [-0.3, -0.25) is 14.5 Å². The molecule has 0 saturated heterocycles. The Morgan fingerprint density at radius 1 is 1.30 bits per heavy atom. The van der Waals surface area contributed by atoms with Gasteiger partial charge < -0.3 is 5.73 Å². The number of nitrogens with two attached hydrogens (primary N) is 1. The van der Waals surface area contributed by atoms with Crippen LogP contribution in [0, 0.1) is 0 Å². The van der Waals surface area contributed by atoms with E-state index < -0.39 is 11.9 Å². The summed E-state index contributed by atoms with van der Waals surface area (Å²) in [5.74, 6) is 0.447. The Kier molecular flexibility index (Phi) is 2.97. The van der Waals surface area contributed by atoms with Gasteiger partial charge in [0.1, 0.15) is 18.2 Å². The molecule has 1 saturated carbocycles. The third kappa shape index (κ3) is 2.28. The highest BCUT2D eigenvalue weighted by molar-refractivity contribution is 5.95. The molecule has 1 aliphatic heterocycles. The van der Waals surface area contributed by atoms with Gasteiger partial charge in [-0.25, -0.2) is 14.3 Å². The zero-order chi connectivity index (χ0) is 16.1. The Morgan fingerprint density at radius 3 is 2.74 bits per heavy atom. The Morgan fingerprint density at radius 2 is 2.09 bits per heavy atom. The number of hydrogen-bond acceptors (Lipinski definition) is 5. The number of anilines is 1. The minimum Gasteiger partial charge on any atom is -0.363 e. The van der Waals surface area contributed by atoms with E-state index in [1.54, 1.807) is 11.9 Å². The van der Waals surface area contributed by atoms with Crippen LogP contribution in [0.4, 0.5) is 5.82 Å². The monoisotopic (exact) mass is 315 g/mol. The van der Waals surface area contributed by atoms with Gasteiger partial charge in [-0.2, -0.15) is 5.10 Å². The molecule has 0 radical (unpaired) electrons. The molecule has 2 aliphatic rings. The maximum absolute atomic E-state index is 12.8. The first kappa shape index (κ1) is 13.9. The standard InChI is InChI=1S/C14H17N7O2/c1-19-11-6-9(8-2-3-8)17-20(11)5-4-10(14(19)23)21-7-16-13(18-21)12(15)22/h6-8,10H,2-5H2,1H3,(H2,15,22). The highest BCUT2D eigenvalue weighted by Gasteiger charge is 2.34. The molecule has 1 atom stereocenters. The first-order valence-electron chi connectivity index (χ1n) is 7.61. The summed E-state index contributed by atoms with van der Waals surface area (Å²) in [6.45, 7) is 0.606. The molecule has 23 heavy (non-hydrogen) atoms. The van der Waals surface area contributed by atoms with E-state index in [-0.39, 0.29) is 11.7 Å². The molecule has 0 aromatic carbocycles. The first-order valence-corrected chi connectivity index (χ1v) is 7.61. The number of rotatable bonds is 3. The molecule has 2 amide bonds. The topological polar surface area (TPSA) is 112 Å². The number of hydrogen-bond donors (Lipinski definition) is 1. The summed E-state index contributed by atoms with van der Waals surface area (Å²) in [6.07, 6.45) is 4.25.